The number of carbonyl (C=O) groups is 3. The second kappa shape index (κ2) is 12.2. The van der Waals surface area contributed by atoms with E-state index in [0.29, 0.717) is 38.7 Å². The third-order valence-electron chi connectivity index (χ3n) is 5.76. The van der Waals surface area contributed by atoms with Crippen LogP contribution >= 0.6 is 0 Å². The molecule has 182 valence electrons. The predicted octanol–water partition coefficient (Wildman–Crippen LogP) is 3.10. The van der Waals surface area contributed by atoms with Crippen LogP contribution in [0, 0.1) is 11.6 Å². The van der Waals surface area contributed by atoms with E-state index in [0.717, 1.165) is 11.6 Å². The van der Waals surface area contributed by atoms with Crippen LogP contribution in [-0.4, -0.2) is 60.2 Å². The maximum absolute atomic E-state index is 13.7. The number of halogens is 2. The molecule has 1 saturated heterocycles. The Bertz CT molecular complexity index is 1000. The van der Waals surface area contributed by atoms with Gasteiger partial charge in [-0.15, -0.1) is 0 Å². The van der Waals surface area contributed by atoms with Crippen LogP contribution in [-0.2, 0) is 14.4 Å². The zero-order valence-corrected chi connectivity index (χ0v) is 19.2. The molecule has 1 fully saturated rings. The van der Waals surface area contributed by atoms with Gasteiger partial charge in [0, 0.05) is 45.1 Å². The van der Waals surface area contributed by atoms with E-state index in [1.54, 1.807) is 4.90 Å². The lowest BCUT2D eigenvalue weighted by molar-refractivity contribution is -0.133. The van der Waals surface area contributed by atoms with Gasteiger partial charge in [-0.2, -0.15) is 0 Å². The molecule has 1 aliphatic rings. The van der Waals surface area contributed by atoms with Crippen molar-refractivity contribution in [2.24, 2.45) is 0 Å². The Hall–Kier alpha value is -3.33. The molecular formula is C25H30F2N4O3. The first-order chi connectivity index (χ1) is 16.3. The highest BCUT2D eigenvalue weighted by Crippen LogP contribution is 2.15. The minimum absolute atomic E-state index is 0.0403. The van der Waals surface area contributed by atoms with E-state index in [1.165, 1.54) is 6.07 Å². The third-order valence-corrected chi connectivity index (χ3v) is 5.76. The highest BCUT2D eigenvalue weighted by Gasteiger charge is 2.21. The lowest BCUT2D eigenvalue weighted by Gasteiger charge is -2.22. The average molecular weight is 473 g/mol. The van der Waals surface area contributed by atoms with Crippen LogP contribution in [0.4, 0.5) is 14.5 Å². The summed E-state index contributed by atoms with van der Waals surface area (Å²) < 4.78 is 26.8. The van der Waals surface area contributed by atoms with Crippen LogP contribution in [0.1, 0.15) is 37.8 Å². The maximum atomic E-state index is 13.7. The van der Waals surface area contributed by atoms with Crippen molar-refractivity contribution in [3.8, 4) is 0 Å². The maximum Gasteiger partial charge on any atom is 0.238 e. The van der Waals surface area contributed by atoms with Crippen molar-refractivity contribution in [2.75, 3.05) is 38.0 Å². The summed E-state index contributed by atoms with van der Waals surface area (Å²) in [5.74, 6) is -2.22. The normalized spacial score (nSPS) is 15.3. The first-order valence-electron chi connectivity index (χ1n) is 11.4. The minimum atomic E-state index is -0.830. The molecule has 2 N–H and O–H groups in total. The van der Waals surface area contributed by atoms with Crippen LogP contribution < -0.4 is 10.6 Å². The van der Waals surface area contributed by atoms with E-state index in [1.807, 2.05) is 42.2 Å². The van der Waals surface area contributed by atoms with Crippen molar-refractivity contribution in [2.45, 2.75) is 32.2 Å². The zero-order valence-electron chi connectivity index (χ0n) is 19.2. The van der Waals surface area contributed by atoms with Crippen molar-refractivity contribution in [3.63, 3.8) is 0 Å². The molecule has 9 heteroatoms. The first kappa shape index (κ1) is 25.3. The summed E-state index contributed by atoms with van der Waals surface area (Å²) in [4.78, 5) is 40.8. The number of hydrogen-bond donors (Lipinski definition) is 2. The quantitative estimate of drug-likeness (QED) is 0.619. The van der Waals surface area contributed by atoms with Gasteiger partial charge < -0.3 is 15.5 Å². The lowest BCUT2D eigenvalue weighted by atomic mass is 10.1. The topological polar surface area (TPSA) is 81.8 Å². The summed E-state index contributed by atoms with van der Waals surface area (Å²) in [5.41, 5.74) is 0.930. The Balaban J connectivity index is 1.40. The van der Waals surface area contributed by atoms with Gasteiger partial charge in [0.2, 0.25) is 17.7 Å². The Morgan fingerprint density at radius 3 is 2.44 bits per heavy atom. The fourth-order valence-corrected chi connectivity index (χ4v) is 3.88. The summed E-state index contributed by atoms with van der Waals surface area (Å²) >= 11 is 0. The fourth-order valence-electron chi connectivity index (χ4n) is 3.88. The highest BCUT2D eigenvalue weighted by molar-refractivity contribution is 5.92. The molecule has 2 aromatic rings. The summed E-state index contributed by atoms with van der Waals surface area (Å²) in [6, 6.07) is 12.5. The lowest BCUT2D eigenvalue weighted by Crippen LogP contribution is -2.38. The summed E-state index contributed by atoms with van der Waals surface area (Å²) in [6.45, 7) is 4.03. The van der Waals surface area contributed by atoms with E-state index in [2.05, 4.69) is 10.6 Å². The van der Waals surface area contributed by atoms with E-state index in [4.69, 9.17) is 0 Å². The monoisotopic (exact) mass is 472 g/mol. The van der Waals surface area contributed by atoms with Gasteiger partial charge in [-0.25, -0.2) is 8.78 Å². The number of anilines is 1. The standard InChI is InChI=1S/C25H30F2N4O3/c1-18(19-6-3-2-4-7-19)28-23(32)10-11-25(34)31-13-5-12-30(14-15-31)17-24(33)29-22-9-8-20(26)16-21(22)27/h2-4,6-9,16,18H,5,10-15,17H2,1H3,(H,28,32)(H,29,33). The van der Waals surface area contributed by atoms with Crippen LogP contribution in [0.3, 0.4) is 0 Å². The molecule has 2 aromatic carbocycles. The van der Waals surface area contributed by atoms with Gasteiger partial charge in [0.05, 0.1) is 18.3 Å². The molecule has 1 unspecified atom stereocenters. The SMILES string of the molecule is CC(NC(=O)CCC(=O)N1CCCN(CC(=O)Nc2ccc(F)cc2F)CC1)c1ccccc1. The van der Waals surface area contributed by atoms with E-state index < -0.39 is 17.5 Å². The van der Waals surface area contributed by atoms with Gasteiger partial charge in [0.1, 0.15) is 11.6 Å². The van der Waals surface area contributed by atoms with E-state index in [-0.39, 0.29) is 42.9 Å². The molecule has 0 saturated carbocycles. The third kappa shape index (κ3) is 7.62. The number of hydrogen-bond acceptors (Lipinski definition) is 4. The van der Waals surface area contributed by atoms with Gasteiger partial charge >= 0.3 is 0 Å². The minimum Gasteiger partial charge on any atom is -0.350 e. The summed E-state index contributed by atoms with van der Waals surface area (Å²) in [7, 11) is 0. The molecular weight excluding hydrogens is 442 g/mol. The van der Waals surface area contributed by atoms with Crippen molar-refractivity contribution in [1.82, 2.24) is 15.1 Å². The Morgan fingerprint density at radius 1 is 0.941 bits per heavy atom. The summed E-state index contributed by atoms with van der Waals surface area (Å²) in [5, 5.41) is 5.36. The molecule has 3 amide bonds. The molecule has 0 aromatic heterocycles. The molecule has 0 radical (unpaired) electrons. The number of nitrogens with zero attached hydrogens (tertiary/aromatic N) is 2. The van der Waals surface area contributed by atoms with Gasteiger partial charge in [-0.05, 0) is 31.0 Å². The molecule has 1 aliphatic heterocycles. The van der Waals surface area contributed by atoms with Gasteiger partial charge in [0.15, 0.2) is 0 Å². The predicted molar refractivity (Wildman–Crippen MR) is 125 cm³/mol. The van der Waals surface area contributed by atoms with E-state index in [9.17, 15) is 23.2 Å². The molecule has 3 rings (SSSR count). The molecule has 1 atom stereocenters. The van der Waals surface area contributed by atoms with Gasteiger partial charge in [-0.1, -0.05) is 30.3 Å². The smallest absolute Gasteiger partial charge is 0.238 e. The number of amides is 3. The largest absolute Gasteiger partial charge is 0.350 e. The van der Waals surface area contributed by atoms with Crippen molar-refractivity contribution < 1.29 is 23.2 Å². The first-order valence-corrected chi connectivity index (χ1v) is 11.4. The molecule has 34 heavy (non-hydrogen) atoms. The molecule has 0 spiro atoms. The Labute approximate surface area is 198 Å². The van der Waals surface area contributed by atoms with Crippen molar-refractivity contribution in [3.05, 3.63) is 65.7 Å². The van der Waals surface area contributed by atoms with Crippen LogP contribution in [0.5, 0.6) is 0 Å². The molecule has 0 bridgehead atoms. The number of benzene rings is 2. The Morgan fingerprint density at radius 2 is 1.71 bits per heavy atom. The van der Waals surface area contributed by atoms with Gasteiger partial charge in [0.25, 0.3) is 0 Å². The summed E-state index contributed by atoms with van der Waals surface area (Å²) in [6.07, 6.45) is 0.917. The second-order valence-corrected chi connectivity index (χ2v) is 8.38. The van der Waals surface area contributed by atoms with Crippen LogP contribution in [0.15, 0.2) is 48.5 Å². The fraction of sp³-hybridized carbons (Fsp3) is 0.400. The molecule has 7 nitrogen and oxygen atoms in total. The molecule has 0 aliphatic carbocycles. The van der Waals surface area contributed by atoms with E-state index >= 15 is 0 Å². The number of nitrogens with one attached hydrogen (secondary N) is 2. The van der Waals surface area contributed by atoms with Crippen LogP contribution in [0.2, 0.25) is 0 Å². The second-order valence-electron chi connectivity index (χ2n) is 8.38. The van der Waals surface area contributed by atoms with Crippen LogP contribution in [0.25, 0.3) is 0 Å². The number of carbonyl (C=O) groups excluding carboxylic acids is 3. The zero-order chi connectivity index (χ0) is 24.5. The van der Waals surface area contributed by atoms with Crippen molar-refractivity contribution in [1.29, 1.82) is 0 Å². The highest BCUT2D eigenvalue weighted by atomic mass is 19.1. The average Bonchev–Trinajstić information content (AvgIpc) is 3.05. The number of rotatable bonds is 8. The van der Waals surface area contributed by atoms with Crippen molar-refractivity contribution >= 4 is 23.4 Å². The van der Waals surface area contributed by atoms with Gasteiger partial charge in [-0.3, -0.25) is 19.3 Å². The molecule has 1 heterocycles. The Kier molecular flexibility index (Phi) is 9.09.